The van der Waals surface area contributed by atoms with Gasteiger partial charge in [0.1, 0.15) is 11.5 Å². The Morgan fingerprint density at radius 1 is 1.00 bits per heavy atom. The summed E-state index contributed by atoms with van der Waals surface area (Å²) < 4.78 is 6.16. The third-order valence-corrected chi connectivity index (χ3v) is 4.60. The zero-order valence-electron chi connectivity index (χ0n) is 10.2. The molecule has 0 aromatic heterocycles. The largest absolute Gasteiger partial charge is 0.459 e. The van der Waals surface area contributed by atoms with Crippen LogP contribution in [0.3, 0.4) is 0 Å². The van der Waals surface area contributed by atoms with E-state index in [2.05, 4.69) is 47.5 Å². The number of ether oxygens (including phenoxy) is 1. The van der Waals surface area contributed by atoms with Crippen molar-refractivity contribution >= 4 is 6.21 Å². The molecule has 3 aliphatic carbocycles. The quantitative estimate of drug-likeness (QED) is 0.687. The lowest BCUT2D eigenvalue weighted by Gasteiger charge is -2.47. The molecule has 0 amide bonds. The standard InChI is InChI=1S/C17H11NO/c1-2-4-14-13(3-1)17-9-10-18-11-16(17)7-5-12(6-8-16)15(17)19-14/h1-11H. The van der Waals surface area contributed by atoms with E-state index in [9.17, 15) is 0 Å². The Morgan fingerprint density at radius 2 is 1.84 bits per heavy atom. The van der Waals surface area contributed by atoms with Gasteiger partial charge in [0, 0.05) is 23.6 Å². The minimum atomic E-state index is -0.232. The van der Waals surface area contributed by atoms with Crippen LogP contribution in [0.2, 0.25) is 0 Å². The van der Waals surface area contributed by atoms with Crippen molar-refractivity contribution < 1.29 is 4.74 Å². The summed E-state index contributed by atoms with van der Waals surface area (Å²) in [6.07, 6.45) is 14.9. The Kier molecular flexibility index (Phi) is 1.41. The molecule has 2 spiro atoms. The molecule has 0 fully saturated rings. The van der Waals surface area contributed by atoms with Gasteiger partial charge in [-0.2, -0.15) is 0 Å². The van der Waals surface area contributed by atoms with Crippen molar-refractivity contribution in [1.82, 2.24) is 0 Å². The number of rotatable bonds is 0. The predicted molar refractivity (Wildman–Crippen MR) is 74.1 cm³/mol. The molecule has 0 radical (unpaired) electrons. The van der Waals surface area contributed by atoms with Crippen LogP contribution in [0.1, 0.15) is 5.56 Å². The first kappa shape index (κ1) is 9.56. The minimum absolute atomic E-state index is 0.217. The second-order valence-electron chi connectivity index (χ2n) is 5.38. The summed E-state index contributed by atoms with van der Waals surface area (Å²) in [5.74, 6) is 2.01. The van der Waals surface area contributed by atoms with E-state index in [4.69, 9.17) is 4.74 Å². The maximum absolute atomic E-state index is 6.16. The Bertz CT molecular complexity index is 747. The van der Waals surface area contributed by atoms with Gasteiger partial charge in [-0.05, 0) is 12.1 Å². The summed E-state index contributed by atoms with van der Waals surface area (Å²) in [4.78, 5) is 4.37. The monoisotopic (exact) mass is 245 g/mol. The Balaban J connectivity index is 1.95. The average Bonchev–Trinajstić information content (AvgIpc) is 2.83. The first-order valence-electron chi connectivity index (χ1n) is 6.48. The number of nitrogens with zero attached hydrogens (tertiary/aromatic N) is 1. The van der Waals surface area contributed by atoms with Gasteiger partial charge >= 0.3 is 0 Å². The van der Waals surface area contributed by atoms with Gasteiger partial charge in [0.2, 0.25) is 0 Å². The van der Waals surface area contributed by atoms with E-state index in [0.29, 0.717) is 0 Å². The van der Waals surface area contributed by atoms with Crippen LogP contribution in [0, 0.1) is 5.41 Å². The molecule has 0 saturated heterocycles. The Morgan fingerprint density at radius 3 is 2.74 bits per heavy atom. The highest BCUT2D eigenvalue weighted by atomic mass is 16.5. The van der Waals surface area contributed by atoms with Crippen LogP contribution in [-0.4, -0.2) is 6.21 Å². The Hall–Kier alpha value is -2.35. The second kappa shape index (κ2) is 2.80. The number of allylic oxidation sites excluding steroid dienone is 6. The van der Waals surface area contributed by atoms with Crippen molar-refractivity contribution in [3.63, 3.8) is 0 Å². The number of hydrogen-bond acceptors (Lipinski definition) is 2. The highest BCUT2D eigenvalue weighted by molar-refractivity contribution is 5.85. The van der Waals surface area contributed by atoms with Crippen molar-refractivity contribution in [1.29, 1.82) is 0 Å². The van der Waals surface area contributed by atoms with E-state index in [1.54, 1.807) is 0 Å². The summed E-state index contributed by atoms with van der Waals surface area (Å²) in [6, 6.07) is 8.31. The lowest BCUT2D eigenvalue weighted by molar-refractivity contribution is 0.332. The first-order chi connectivity index (χ1) is 9.36. The molecular weight excluding hydrogens is 234 g/mol. The van der Waals surface area contributed by atoms with Crippen molar-refractivity contribution in [2.24, 2.45) is 10.4 Å². The molecule has 0 saturated carbocycles. The van der Waals surface area contributed by atoms with Crippen molar-refractivity contribution in [3.05, 3.63) is 77.7 Å². The summed E-state index contributed by atoms with van der Waals surface area (Å²) >= 11 is 0. The average molecular weight is 245 g/mol. The number of fused-ring (bicyclic) bond motifs is 1. The third-order valence-electron chi connectivity index (χ3n) is 4.60. The van der Waals surface area contributed by atoms with Gasteiger partial charge < -0.3 is 4.74 Å². The number of para-hydroxylation sites is 1. The van der Waals surface area contributed by atoms with E-state index < -0.39 is 0 Å². The fourth-order valence-corrected chi connectivity index (χ4v) is 3.71. The fraction of sp³-hybridized carbons (Fsp3) is 0.118. The predicted octanol–water partition coefficient (Wildman–Crippen LogP) is 3.30. The van der Waals surface area contributed by atoms with E-state index in [1.807, 2.05) is 24.5 Å². The summed E-state index contributed by atoms with van der Waals surface area (Å²) in [6.45, 7) is 0. The summed E-state index contributed by atoms with van der Waals surface area (Å²) in [7, 11) is 0. The number of benzene rings is 1. The number of aliphatic imine (C=N–C) groups is 1. The van der Waals surface area contributed by atoms with Crippen LogP contribution >= 0.6 is 0 Å². The van der Waals surface area contributed by atoms with Crippen molar-refractivity contribution in [2.45, 2.75) is 5.41 Å². The SMILES string of the molecule is C1=CC23C(=C4C=CC2(C=C4)C=N1)Oc1ccccc13. The number of hydrogen-bond donors (Lipinski definition) is 0. The van der Waals surface area contributed by atoms with Crippen molar-refractivity contribution in [3.8, 4) is 5.75 Å². The molecule has 19 heavy (non-hydrogen) atoms. The molecule has 2 aliphatic heterocycles. The van der Waals surface area contributed by atoms with Crippen LogP contribution in [0.15, 0.2) is 77.2 Å². The Labute approximate surface area is 111 Å². The zero-order valence-corrected chi connectivity index (χ0v) is 10.2. The molecule has 6 rings (SSSR count). The molecule has 2 heterocycles. The van der Waals surface area contributed by atoms with Crippen LogP contribution in [-0.2, 0) is 5.41 Å². The molecular formula is C17H11NO. The van der Waals surface area contributed by atoms with Gasteiger partial charge in [-0.15, -0.1) is 0 Å². The van der Waals surface area contributed by atoms with E-state index in [-0.39, 0.29) is 10.8 Å². The molecule has 1 unspecified atom stereocenters. The van der Waals surface area contributed by atoms with Crippen LogP contribution in [0.5, 0.6) is 5.75 Å². The highest BCUT2D eigenvalue weighted by Crippen LogP contribution is 2.62. The van der Waals surface area contributed by atoms with Gasteiger partial charge in [-0.1, -0.05) is 42.5 Å². The van der Waals surface area contributed by atoms with Gasteiger partial charge in [0.05, 0.1) is 10.8 Å². The maximum atomic E-state index is 6.16. The highest BCUT2D eigenvalue weighted by Gasteiger charge is 2.60. The molecule has 0 N–H and O–H groups in total. The van der Waals surface area contributed by atoms with E-state index in [0.717, 1.165) is 17.1 Å². The fourth-order valence-electron chi connectivity index (χ4n) is 3.71. The lowest BCUT2D eigenvalue weighted by atomic mass is 9.54. The van der Waals surface area contributed by atoms with Gasteiger partial charge in [0.25, 0.3) is 0 Å². The first-order valence-corrected chi connectivity index (χ1v) is 6.48. The summed E-state index contributed by atoms with van der Waals surface area (Å²) in [5, 5.41) is 0. The van der Waals surface area contributed by atoms with E-state index in [1.165, 1.54) is 5.56 Å². The molecule has 2 heteroatoms. The molecule has 1 aromatic rings. The van der Waals surface area contributed by atoms with Crippen LogP contribution in [0.4, 0.5) is 0 Å². The second-order valence-corrected chi connectivity index (χ2v) is 5.38. The summed E-state index contributed by atoms with van der Waals surface area (Å²) in [5.41, 5.74) is 1.95. The van der Waals surface area contributed by atoms with Gasteiger partial charge in [-0.25, -0.2) is 0 Å². The topological polar surface area (TPSA) is 21.6 Å². The van der Waals surface area contributed by atoms with Crippen molar-refractivity contribution in [2.75, 3.05) is 0 Å². The molecule has 5 aliphatic rings. The van der Waals surface area contributed by atoms with Crippen LogP contribution in [0.25, 0.3) is 0 Å². The molecule has 1 aromatic carbocycles. The molecule has 2 bridgehead atoms. The minimum Gasteiger partial charge on any atom is -0.459 e. The molecule has 2 nitrogen and oxygen atoms in total. The molecule has 90 valence electrons. The smallest absolute Gasteiger partial charge is 0.131 e. The van der Waals surface area contributed by atoms with Gasteiger partial charge in [-0.3, -0.25) is 4.99 Å². The van der Waals surface area contributed by atoms with Crippen LogP contribution < -0.4 is 4.74 Å². The zero-order chi connectivity index (χ0) is 12.5. The third kappa shape index (κ3) is 0.848. The van der Waals surface area contributed by atoms with Gasteiger partial charge in [0.15, 0.2) is 0 Å². The normalized spacial score (nSPS) is 35.2. The maximum Gasteiger partial charge on any atom is 0.131 e. The molecule has 1 atom stereocenters. The lowest BCUT2D eigenvalue weighted by Crippen LogP contribution is -2.48. The van der Waals surface area contributed by atoms with E-state index >= 15 is 0 Å².